The van der Waals surface area contributed by atoms with Gasteiger partial charge >= 0.3 is 0 Å². The molecule has 0 radical (unpaired) electrons. The van der Waals surface area contributed by atoms with Gasteiger partial charge in [-0.1, -0.05) is 36.2 Å². The third kappa shape index (κ3) is 4.33. The molecule has 0 bridgehead atoms. The van der Waals surface area contributed by atoms with Gasteiger partial charge in [0.15, 0.2) is 0 Å². The summed E-state index contributed by atoms with van der Waals surface area (Å²) < 4.78 is 26.8. The Hall–Kier alpha value is -0.570. The van der Waals surface area contributed by atoms with Crippen LogP contribution in [0.15, 0.2) is 23.1 Å². The molecule has 1 aromatic carbocycles. The van der Waals surface area contributed by atoms with E-state index in [9.17, 15) is 13.2 Å². The molecule has 1 amide bonds. The summed E-state index contributed by atoms with van der Waals surface area (Å²) in [6.45, 7) is 3.08. The molecule has 1 atom stereocenters. The SMILES string of the molecule is CC(CN)C(=O)N1CCN(S(=O)(=O)c2c(Cl)cccc2Cl)CC1.Cl. The lowest BCUT2D eigenvalue weighted by Gasteiger charge is -2.35. The van der Waals surface area contributed by atoms with Crippen LogP contribution in [0.2, 0.25) is 10.0 Å². The van der Waals surface area contributed by atoms with Gasteiger partial charge in [-0.05, 0) is 12.1 Å². The molecule has 1 saturated heterocycles. The van der Waals surface area contributed by atoms with Crippen LogP contribution in [0.1, 0.15) is 6.92 Å². The number of amides is 1. The molecule has 0 saturated carbocycles. The Bertz CT molecular complexity index is 672. The minimum absolute atomic E-state index is 0. The van der Waals surface area contributed by atoms with Crippen LogP contribution in [-0.4, -0.2) is 56.3 Å². The summed E-state index contributed by atoms with van der Waals surface area (Å²) in [5, 5.41) is 0.181. The van der Waals surface area contributed by atoms with Crippen molar-refractivity contribution in [1.29, 1.82) is 0 Å². The number of hydrogen-bond acceptors (Lipinski definition) is 4. The smallest absolute Gasteiger partial charge is 0.246 e. The first kappa shape index (κ1) is 21.5. The van der Waals surface area contributed by atoms with Gasteiger partial charge in [0.25, 0.3) is 0 Å². The van der Waals surface area contributed by atoms with Crippen LogP contribution < -0.4 is 5.73 Å². The zero-order chi connectivity index (χ0) is 17.2. The Balaban J connectivity index is 0.00000288. The predicted octanol–water partition coefficient (Wildman–Crippen LogP) is 1.84. The summed E-state index contributed by atoms with van der Waals surface area (Å²) >= 11 is 12.0. The van der Waals surface area contributed by atoms with Gasteiger partial charge in [0.2, 0.25) is 15.9 Å². The average Bonchev–Trinajstić information content (AvgIpc) is 2.53. The molecule has 136 valence electrons. The van der Waals surface area contributed by atoms with Gasteiger partial charge in [-0.2, -0.15) is 4.31 Å². The molecule has 1 aliphatic heterocycles. The van der Waals surface area contributed by atoms with Gasteiger partial charge in [0.05, 0.1) is 10.0 Å². The van der Waals surface area contributed by atoms with Crippen molar-refractivity contribution in [3.63, 3.8) is 0 Å². The number of rotatable bonds is 4. The number of nitrogens with two attached hydrogens (primary N) is 1. The zero-order valence-corrected chi connectivity index (χ0v) is 16.3. The molecule has 24 heavy (non-hydrogen) atoms. The average molecular weight is 417 g/mol. The van der Waals surface area contributed by atoms with Crippen LogP contribution in [0.4, 0.5) is 0 Å². The first-order chi connectivity index (χ1) is 10.8. The van der Waals surface area contributed by atoms with E-state index < -0.39 is 10.0 Å². The van der Waals surface area contributed by atoms with E-state index in [0.717, 1.165) is 0 Å². The number of nitrogens with zero attached hydrogens (tertiary/aromatic N) is 2. The van der Waals surface area contributed by atoms with Crippen LogP contribution in [0, 0.1) is 5.92 Å². The molecular formula is C14H20Cl3N3O3S. The van der Waals surface area contributed by atoms with Crippen LogP contribution >= 0.6 is 35.6 Å². The van der Waals surface area contributed by atoms with E-state index >= 15 is 0 Å². The minimum atomic E-state index is -3.79. The summed E-state index contributed by atoms with van der Waals surface area (Å²) in [5.41, 5.74) is 5.50. The number of halogens is 3. The van der Waals surface area contributed by atoms with Crippen molar-refractivity contribution in [3.05, 3.63) is 28.2 Å². The third-order valence-electron chi connectivity index (χ3n) is 3.84. The summed E-state index contributed by atoms with van der Waals surface area (Å²) in [4.78, 5) is 13.7. The fraction of sp³-hybridized carbons (Fsp3) is 0.500. The van der Waals surface area contributed by atoms with Crippen molar-refractivity contribution in [1.82, 2.24) is 9.21 Å². The number of hydrogen-bond donors (Lipinski definition) is 1. The lowest BCUT2D eigenvalue weighted by molar-refractivity contribution is -0.135. The minimum Gasteiger partial charge on any atom is -0.340 e. The van der Waals surface area contributed by atoms with Crippen LogP contribution in [0.25, 0.3) is 0 Å². The molecule has 0 spiro atoms. The van der Waals surface area contributed by atoms with Crippen molar-refractivity contribution in [3.8, 4) is 0 Å². The molecule has 2 rings (SSSR count). The second kappa shape index (κ2) is 8.69. The molecule has 1 unspecified atom stereocenters. The van der Waals surface area contributed by atoms with E-state index in [1.165, 1.54) is 16.4 Å². The molecule has 0 aliphatic carbocycles. The second-order valence-corrected chi connectivity index (χ2v) is 8.11. The van der Waals surface area contributed by atoms with E-state index in [0.29, 0.717) is 13.1 Å². The standard InChI is InChI=1S/C14H19Cl2N3O3S.ClH/c1-10(9-17)14(20)18-5-7-19(8-6-18)23(21,22)13-11(15)3-2-4-12(13)16;/h2-4,10H,5-9,17H2,1H3;1H. The summed E-state index contributed by atoms with van der Waals surface area (Å²) in [6.07, 6.45) is 0. The van der Waals surface area contributed by atoms with Crippen molar-refractivity contribution >= 4 is 51.5 Å². The predicted molar refractivity (Wildman–Crippen MR) is 97.3 cm³/mol. The number of carbonyl (C=O) groups is 1. The fourth-order valence-electron chi connectivity index (χ4n) is 2.42. The van der Waals surface area contributed by atoms with E-state index in [-0.39, 0.29) is 58.8 Å². The molecule has 2 N–H and O–H groups in total. The molecule has 1 aromatic rings. The molecule has 1 heterocycles. The van der Waals surface area contributed by atoms with Crippen molar-refractivity contribution in [2.24, 2.45) is 11.7 Å². The maximum atomic E-state index is 12.7. The highest BCUT2D eigenvalue weighted by Crippen LogP contribution is 2.31. The zero-order valence-electron chi connectivity index (χ0n) is 13.1. The number of piperazine rings is 1. The van der Waals surface area contributed by atoms with E-state index in [4.69, 9.17) is 28.9 Å². The second-order valence-electron chi connectivity index (χ2n) is 5.42. The monoisotopic (exact) mass is 415 g/mol. The Morgan fingerprint density at radius 1 is 1.21 bits per heavy atom. The van der Waals surface area contributed by atoms with Gasteiger partial charge in [-0.15, -0.1) is 12.4 Å². The van der Waals surface area contributed by atoms with Crippen molar-refractivity contribution in [2.45, 2.75) is 11.8 Å². The van der Waals surface area contributed by atoms with Crippen LogP contribution in [0.3, 0.4) is 0 Å². The fourth-order valence-corrected chi connectivity index (χ4v) is 4.93. The molecule has 0 aromatic heterocycles. The van der Waals surface area contributed by atoms with Crippen molar-refractivity contribution < 1.29 is 13.2 Å². The highest BCUT2D eigenvalue weighted by Gasteiger charge is 2.33. The number of carbonyl (C=O) groups excluding carboxylic acids is 1. The molecule has 6 nitrogen and oxygen atoms in total. The highest BCUT2D eigenvalue weighted by atomic mass is 35.5. The van der Waals surface area contributed by atoms with Gasteiger partial charge in [-0.25, -0.2) is 8.42 Å². The molecule has 1 aliphatic rings. The Morgan fingerprint density at radius 3 is 2.17 bits per heavy atom. The lowest BCUT2D eigenvalue weighted by atomic mass is 10.1. The first-order valence-corrected chi connectivity index (χ1v) is 9.41. The Kier molecular flexibility index (Phi) is 7.77. The van der Waals surface area contributed by atoms with E-state index in [2.05, 4.69) is 0 Å². The first-order valence-electron chi connectivity index (χ1n) is 7.22. The Labute approximate surface area is 158 Å². The molecule has 1 fully saturated rings. The summed E-state index contributed by atoms with van der Waals surface area (Å²) in [7, 11) is -3.79. The maximum absolute atomic E-state index is 12.7. The quantitative estimate of drug-likeness (QED) is 0.812. The normalized spacial score (nSPS) is 17.2. The highest BCUT2D eigenvalue weighted by molar-refractivity contribution is 7.89. The largest absolute Gasteiger partial charge is 0.340 e. The van der Waals surface area contributed by atoms with Crippen LogP contribution in [0.5, 0.6) is 0 Å². The van der Waals surface area contributed by atoms with E-state index in [1.54, 1.807) is 17.9 Å². The van der Waals surface area contributed by atoms with Gasteiger partial charge < -0.3 is 10.6 Å². The van der Waals surface area contributed by atoms with Gasteiger partial charge in [0, 0.05) is 38.6 Å². The molecular weight excluding hydrogens is 397 g/mol. The topological polar surface area (TPSA) is 83.7 Å². The lowest BCUT2D eigenvalue weighted by Crippen LogP contribution is -2.52. The van der Waals surface area contributed by atoms with Crippen LogP contribution in [-0.2, 0) is 14.8 Å². The van der Waals surface area contributed by atoms with Gasteiger partial charge in [-0.3, -0.25) is 4.79 Å². The Morgan fingerprint density at radius 2 is 1.71 bits per heavy atom. The molecule has 10 heteroatoms. The van der Waals surface area contributed by atoms with E-state index in [1.807, 2.05) is 0 Å². The summed E-state index contributed by atoms with van der Waals surface area (Å²) in [5.74, 6) is -0.323. The van der Waals surface area contributed by atoms with Gasteiger partial charge in [0.1, 0.15) is 4.90 Å². The summed E-state index contributed by atoms with van der Waals surface area (Å²) in [6, 6.07) is 4.57. The number of sulfonamides is 1. The number of benzene rings is 1. The maximum Gasteiger partial charge on any atom is 0.246 e. The third-order valence-corrected chi connectivity index (χ3v) is 6.70. The van der Waals surface area contributed by atoms with Crippen molar-refractivity contribution in [2.75, 3.05) is 32.7 Å².